The summed E-state index contributed by atoms with van der Waals surface area (Å²) in [7, 11) is -3.40. The zero-order valence-corrected chi connectivity index (χ0v) is 9.96. The lowest BCUT2D eigenvalue weighted by molar-refractivity contribution is 0.00118. The van der Waals surface area contributed by atoms with E-state index in [1.807, 2.05) is 13.8 Å². The summed E-state index contributed by atoms with van der Waals surface area (Å²) >= 11 is 0. The Hall–Kier alpha value is -0.350. The summed E-state index contributed by atoms with van der Waals surface area (Å²) in [5, 5.41) is 8.80. The monoisotopic (exact) mass is 236 g/mol. The van der Waals surface area contributed by atoms with Crippen LogP contribution in [0.25, 0.3) is 0 Å². The molecule has 0 aliphatic carbocycles. The van der Waals surface area contributed by atoms with Gasteiger partial charge in [0.1, 0.15) is 0 Å². The van der Waals surface area contributed by atoms with E-state index in [1.54, 1.807) is 0 Å². The van der Waals surface area contributed by atoms with Crippen molar-refractivity contribution in [3.63, 3.8) is 0 Å². The van der Waals surface area contributed by atoms with Crippen molar-refractivity contribution >= 4 is 7.82 Å². The van der Waals surface area contributed by atoms with Crippen LogP contribution >= 0.6 is 7.82 Å². The first-order valence-corrected chi connectivity index (χ1v) is 6.19. The molecule has 1 saturated heterocycles. The van der Waals surface area contributed by atoms with Crippen LogP contribution in [0.2, 0.25) is 0 Å². The maximum atomic E-state index is 11.7. The van der Waals surface area contributed by atoms with Gasteiger partial charge in [-0.15, -0.1) is 0 Å². The van der Waals surface area contributed by atoms with Crippen LogP contribution in [0.15, 0.2) is 12.3 Å². The topological polar surface area (TPSA) is 65.0 Å². The van der Waals surface area contributed by atoms with Crippen LogP contribution < -0.4 is 0 Å². The molecule has 5 nitrogen and oxygen atoms in total. The van der Waals surface area contributed by atoms with E-state index < -0.39 is 7.82 Å². The summed E-state index contributed by atoms with van der Waals surface area (Å²) in [5.74, 6) is -0.0149. The van der Waals surface area contributed by atoms with Crippen molar-refractivity contribution in [3.05, 3.63) is 12.3 Å². The smallest absolute Gasteiger partial charge is 0.474 e. The second kappa shape index (κ2) is 4.66. The number of phosphoric acid groups is 1. The van der Waals surface area contributed by atoms with Gasteiger partial charge in [0.15, 0.2) is 0 Å². The summed E-state index contributed by atoms with van der Waals surface area (Å²) in [6.45, 7) is 7.94. The van der Waals surface area contributed by atoms with Crippen molar-refractivity contribution in [2.45, 2.75) is 20.3 Å². The Bertz CT molecular complexity index is 272. The van der Waals surface area contributed by atoms with Crippen LogP contribution in [-0.2, 0) is 18.1 Å². The zero-order chi connectivity index (χ0) is 11.5. The number of rotatable bonds is 4. The van der Waals surface area contributed by atoms with Gasteiger partial charge in [0.2, 0.25) is 0 Å². The molecule has 0 atom stereocenters. The van der Waals surface area contributed by atoms with Crippen LogP contribution in [-0.4, -0.2) is 24.9 Å². The van der Waals surface area contributed by atoms with Gasteiger partial charge in [0.25, 0.3) is 0 Å². The van der Waals surface area contributed by atoms with Gasteiger partial charge in [0.05, 0.1) is 25.6 Å². The lowest BCUT2D eigenvalue weighted by atomic mass is 9.97. The molecule has 88 valence electrons. The first kappa shape index (κ1) is 12.7. The summed E-state index contributed by atoms with van der Waals surface area (Å²) in [6.07, 6.45) is 0.222. The van der Waals surface area contributed by atoms with E-state index in [2.05, 4.69) is 6.58 Å². The lowest BCUT2D eigenvalue weighted by Crippen LogP contribution is -2.29. The molecule has 0 bridgehead atoms. The highest BCUT2D eigenvalue weighted by Gasteiger charge is 2.37. The van der Waals surface area contributed by atoms with Crippen LogP contribution in [0.4, 0.5) is 0 Å². The summed E-state index contributed by atoms with van der Waals surface area (Å²) < 4.78 is 26.8. The van der Waals surface area contributed by atoms with Crippen molar-refractivity contribution in [2.75, 3.05) is 19.8 Å². The molecular formula is C9H17O5P. The van der Waals surface area contributed by atoms with Gasteiger partial charge < -0.3 is 5.11 Å². The van der Waals surface area contributed by atoms with Gasteiger partial charge >= 0.3 is 7.82 Å². The molecule has 0 unspecified atom stereocenters. The molecule has 0 aromatic heterocycles. The molecule has 0 spiro atoms. The van der Waals surface area contributed by atoms with E-state index in [-0.39, 0.29) is 24.2 Å². The highest BCUT2D eigenvalue weighted by Crippen LogP contribution is 2.54. The molecular weight excluding hydrogens is 219 g/mol. The van der Waals surface area contributed by atoms with Crippen LogP contribution in [0.1, 0.15) is 20.3 Å². The van der Waals surface area contributed by atoms with E-state index >= 15 is 0 Å². The number of hydrogen-bond acceptors (Lipinski definition) is 5. The third kappa shape index (κ3) is 4.34. The number of hydrogen-bond donors (Lipinski definition) is 1. The minimum Gasteiger partial charge on any atom is -0.513 e. The quantitative estimate of drug-likeness (QED) is 0.600. The fourth-order valence-corrected chi connectivity index (χ4v) is 2.49. The summed E-state index contributed by atoms with van der Waals surface area (Å²) in [6, 6.07) is 0. The second-order valence-electron chi connectivity index (χ2n) is 4.31. The predicted molar refractivity (Wildman–Crippen MR) is 55.6 cm³/mol. The minimum absolute atomic E-state index is 0.0149. The zero-order valence-electron chi connectivity index (χ0n) is 9.06. The highest BCUT2D eigenvalue weighted by molar-refractivity contribution is 7.48. The normalized spacial score (nSPS) is 23.6. The van der Waals surface area contributed by atoms with Gasteiger partial charge in [-0.25, -0.2) is 4.57 Å². The molecule has 1 N–H and O–H groups in total. The van der Waals surface area contributed by atoms with Crippen molar-refractivity contribution in [1.29, 1.82) is 0 Å². The van der Waals surface area contributed by atoms with Gasteiger partial charge in [0, 0.05) is 11.8 Å². The van der Waals surface area contributed by atoms with E-state index in [4.69, 9.17) is 18.7 Å². The molecule has 6 heteroatoms. The highest BCUT2D eigenvalue weighted by atomic mass is 31.2. The molecule has 0 radical (unpaired) electrons. The molecule has 0 aromatic rings. The standard InChI is InChI=1S/C9H17O5P/c1-8(10)4-5-12-15(11)13-6-9(2,3)7-14-15/h10H,1,4-7H2,2-3H3. The Balaban J connectivity index is 2.35. The van der Waals surface area contributed by atoms with Gasteiger partial charge in [-0.2, -0.15) is 0 Å². The Morgan fingerprint density at radius 3 is 2.53 bits per heavy atom. The fraction of sp³-hybridized carbons (Fsp3) is 0.778. The van der Waals surface area contributed by atoms with E-state index in [0.29, 0.717) is 13.2 Å². The molecule has 1 heterocycles. The largest absolute Gasteiger partial charge is 0.513 e. The van der Waals surface area contributed by atoms with Crippen molar-refractivity contribution < 1.29 is 23.2 Å². The SMILES string of the molecule is C=C(O)CCOP1(=O)OCC(C)(C)CO1. The Kier molecular flexibility index (Phi) is 3.95. The van der Waals surface area contributed by atoms with Crippen molar-refractivity contribution in [2.24, 2.45) is 5.41 Å². The maximum absolute atomic E-state index is 11.7. The predicted octanol–water partition coefficient (Wildman–Crippen LogP) is 2.65. The van der Waals surface area contributed by atoms with Crippen molar-refractivity contribution in [1.82, 2.24) is 0 Å². The van der Waals surface area contributed by atoms with Crippen molar-refractivity contribution in [3.8, 4) is 0 Å². The Morgan fingerprint density at radius 1 is 1.53 bits per heavy atom. The molecule has 0 aromatic carbocycles. The van der Waals surface area contributed by atoms with E-state index in [9.17, 15) is 4.57 Å². The first-order valence-electron chi connectivity index (χ1n) is 4.73. The van der Waals surface area contributed by atoms with Crippen LogP contribution in [0.3, 0.4) is 0 Å². The maximum Gasteiger partial charge on any atom is 0.474 e. The molecule has 1 fully saturated rings. The first-order chi connectivity index (χ1) is 6.83. The van der Waals surface area contributed by atoms with E-state index in [1.165, 1.54) is 0 Å². The summed E-state index contributed by atoms with van der Waals surface area (Å²) in [4.78, 5) is 0. The second-order valence-corrected chi connectivity index (χ2v) is 5.98. The number of phosphoric ester groups is 1. The van der Waals surface area contributed by atoms with Crippen LogP contribution in [0, 0.1) is 5.41 Å². The number of aliphatic hydroxyl groups is 1. The Labute approximate surface area is 89.6 Å². The number of aliphatic hydroxyl groups excluding tert-OH is 1. The average Bonchev–Trinajstić information content (AvgIpc) is 2.11. The van der Waals surface area contributed by atoms with Gasteiger partial charge in [-0.05, 0) is 0 Å². The van der Waals surface area contributed by atoms with Gasteiger partial charge in [-0.1, -0.05) is 20.4 Å². The third-order valence-electron chi connectivity index (χ3n) is 1.87. The van der Waals surface area contributed by atoms with Gasteiger partial charge in [-0.3, -0.25) is 13.6 Å². The average molecular weight is 236 g/mol. The molecule has 1 aliphatic heterocycles. The molecule has 1 rings (SSSR count). The van der Waals surface area contributed by atoms with E-state index in [0.717, 1.165) is 0 Å². The van der Waals surface area contributed by atoms with Crippen LogP contribution in [0.5, 0.6) is 0 Å². The Morgan fingerprint density at radius 2 is 2.07 bits per heavy atom. The molecule has 0 saturated carbocycles. The summed E-state index contributed by atoms with van der Waals surface area (Å²) in [5.41, 5.74) is -0.141. The minimum atomic E-state index is -3.40. The molecule has 0 amide bonds. The third-order valence-corrected chi connectivity index (χ3v) is 3.26. The fourth-order valence-electron chi connectivity index (χ4n) is 0.936. The molecule has 15 heavy (non-hydrogen) atoms. The molecule has 1 aliphatic rings. The lowest BCUT2D eigenvalue weighted by Gasteiger charge is -2.32.